The average molecular weight is 362 g/mol. The highest BCUT2D eigenvalue weighted by atomic mass is 16.1. The minimum absolute atomic E-state index is 0.0663. The number of aryl methyl sites for hydroxylation is 1. The van der Waals surface area contributed by atoms with Gasteiger partial charge in [0.1, 0.15) is 5.65 Å². The number of aromatic nitrogens is 2. The number of imidazole rings is 1. The molecule has 27 heavy (non-hydrogen) atoms. The van der Waals surface area contributed by atoms with Crippen molar-refractivity contribution in [3.8, 4) is 0 Å². The topological polar surface area (TPSA) is 49.6 Å². The summed E-state index contributed by atoms with van der Waals surface area (Å²) in [5.41, 5.74) is 4.24. The largest absolute Gasteiger partial charge is 0.353 e. The van der Waals surface area contributed by atoms with Crippen molar-refractivity contribution in [2.75, 3.05) is 13.1 Å². The molecule has 140 valence electrons. The molecule has 4 rings (SSSR count). The molecule has 5 heteroatoms. The van der Waals surface area contributed by atoms with E-state index in [4.69, 9.17) is 0 Å². The summed E-state index contributed by atoms with van der Waals surface area (Å²) in [6.45, 7) is 5.08. The Balaban J connectivity index is 1.26. The lowest BCUT2D eigenvalue weighted by Crippen LogP contribution is -2.44. The highest BCUT2D eigenvalue weighted by Crippen LogP contribution is 2.14. The molecule has 3 heterocycles. The quantitative estimate of drug-likeness (QED) is 0.759. The molecule has 0 saturated carbocycles. The van der Waals surface area contributed by atoms with Gasteiger partial charge in [-0.1, -0.05) is 30.3 Å². The number of amides is 1. The molecule has 0 radical (unpaired) electrons. The maximum absolute atomic E-state index is 12.4. The van der Waals surface area contributed by atoms with E-state index in [0.717, 1.165) is 43.8 Å². The van der Waals surface area contributed by atoms with Crippen LogP contribution in [-0.4, -0.2) is 39.3 Å². The van der Waals surface area contributed by atoms with Gasteiger partial charge in [0.2, 0.25) is 5.91 Å². The van der Waals surface area contributed by atoms with Crippen molar-refractivity contribution in [1.29, 1.82) is 0 Å². The van der Waals surface area contributed by atoms with E-state index in [1.54, 1.807) is 0 Å². The van der Waals surface area contributed by atoms with Gasteiger partial charge in [0.05, 0.1) is 12.1 Å². The summed E-state index contributed by atoms with van der Waals surface area (Å²) < 4.78 is 1.97. The molecule has 1 fully saturated rings. The number of fused-ring (bicyclic) bond motifs is 1. The number of rotatable bonds is 5. The van der Waals surface area contributed by atoms with E-state index in [9.17, 15) is 4.79 Å². The van der Waals surface area contributed by atoms with Crippen LogP contribution >= 0.6 is 0 Å². The summed E-state index contributed by atoms with van der Waals surface area (Å²) in [7, 11) is 0. The monoisotopic (exact) mass is 362 g/mol. The second-order valence-corrected chi connectivity index (χ2v) is 7.48. The normalized spacial score (nSPS) is 15.9. The number of hydrogen-bond donors (Lipinski definition) is 1. The summed E-state index contributed by atoms with van der Waals surface area (Å²) in [4.78, 5) is 19.4. The lowest BCUT2D eigenvalue weighted by Gasteiger charge is -2.32. The van der Waals surface area contributed by atoms with Crippen molar-refractivity contribution in [2.24, 2.45) is 0 Å². The Morgan fingerprint density at radius 3 is 2.74 bits per heavy atom. The van der Waals surface area contributed by atoms with E-state index in [0.29, 0.717) is 6.42 Å². The molecule has 5 nitrogen and oxygen atoms in total. The fraction of sp³-hybridized carbons (Fsp3) is 0.364. The van der Waals surface area contributed by atoms with Crippen LogP contribution in [0, 0.1) is 6.92 Å². The van der Waals surface area contributed by atoms with Crippen LogP contribution in [0.4, 0.5) is 0 Å². The molecule has 0 atom stereocenters. The third kappa shape index (κ3) is 4.55. The van der Waals surface area contributed by atoms with Gasteiger partial charge in [-0.05, 0) is 43.0 Å². The number of nitrogens with one attached hydrogen (secondary N) is 1. The van der Waals surface area contributed by atoms with Crippen LogP contribution < -0.4 is 5.32 Å². The van der Waals surface area contributed by atoms with Crippen LogP contribution in [-0.2, 0) is 17.8 Å². The molecule has 1 N–H and O–H groups in total. The van der Waals surface area contributed by atoms with Crippen LogP contribution in [0.25, 0.3) is 5.65 Å². The second-order valence-electron chi connectivity index (χ2n) is 7.48. The van der Waals surface area contributed by atoms with Crippen molar-refractivity contribution in [2.45, 2.75) is 38.8 Å². The van der Waals surface area contributed by atoms with E-state index in [-0.39, 0.29) is 11.9 Å². The molecule has 1 aliphatic rings. The number of nitrogens with zero attached hydrogens (tertiary/aromatic N) is 3. The lowest BCUT2D eigenvalue weighted by atomic mass is 10.0. The Labute approximate surface area is 160 Å². The predicted octanol–water partition coefficient (Wildman–Crippen LogP) is 2.97. The number of hydrogen-bond acceptors (Lipinski definition) is 3. The van der Waals surface area contributed by atoms with Gasteiger partial charge in [-0.15, -0.1) is 0 Å². The van der Waals surface area contributed by atoms with Gasteiger partial charge in [-0.25, -0.2) is 4.98 Å². The molecule has 2 aromatic heterocycles. The first-order valence-electron chi connectivity index (χ1n) is 9.65. The maximum Gasteiger partial charge on any atom is 0.226 e. The third-order valence-electron chi connectivity index (χ3n) is 5.21. The van der Waals surface area contributed by atoms with E-state index >= 15 is 0 Å². The number of pyridine rings is 1. The Bertz CT molecular complexity index is 910. The Kier molecular flexibility index (Phi) is 5.21. The van der Waals surface area contributed by atoms with E-state index in [2.05, 4.69) is 45.5 Å². The molecule has 0 spiro atoms. The summed E-state index contributed by atoms with van der Waals surface area (Å²) in [6.07, 6.45) is 6.27. The zero-order valence-corrected chi connectivity index (χ0v) is 15.8. The highest BCUT2D eigenvalue weighted by molar-refractivity contribution is 5.78. The van der Waals surface area contributed by atoms with Gasteiger partial charge in [-0.3, -0.25) is 9.69 Å². The molecule has 1 aromatic carbocycles. The smallest absolute Gasteiger partial charge is 0.226 e. The summed E-state index contributed by atoms with van der Waals surface area (Å²) in [5.74, 6) is 0.0663. The minimum atomic E-state index is 0.0663. The molecule has 1 aliphatic heterocycles. The molecule has 1 saturated heterocycles. The zero-order chi connectivity index (χ0) is 18.6. The maximum atomic E-state index is 12.4. The number of carbonyl (C=O) groups excluding carboxylic acids is 1. The van der Waals surface area contributed by atoms with Crippen LogP contribution in [0.5, 0.6) is 0 Å². The van der Waals surface area contributed by atoms with Gasteiger partial charge in [-0.2, -0.15) is 0 Å². The molecule has 3 aromatic rings. The first-order chi connectivity index (χ1) is 13.2. The van der Waals surface area contributed by atoms with Crippen LogP contribution in [0.15, 0.2) is 54.9 Å². The van der Waals surface area contributed by atoms with E-state index in [1.807, 2.05) is 35.9 Å². The second kappa shape index (κ2) is 7.92. The van der Waals surface area contributed by atoms with Gasteiger partial charge in [0.15, 0.2) is 0 Å². The number of benzene rings is 1. The molecular formula is C22H26N4O. The lowest BCUT2D eigenvalue weighted by molar-refractivity contribution is -0.121. The highest BCUT2D eigenvalue weighted by Gasteiger charge is 2.21. The van der Waals surface area contributed by atoms with Crippen molar-refractivity contribution in [1.82, 2.24) is 19.6 Å². The van der Waals surface area contributed by atoms with Crippen molar-refractivity contribution >= 4 is 11.6 Å². The van der Waals surface area contributed by atoms with Gasteiger partial charge >= 0.3 is 0 Å². The fourth-order valence-electron chi connectivity index (χ4n) is 3.74. The Morgan fingerprint density at radius 2 is 1.96 bits per heavy atom. The molecular weight excluding hydrogens is 336 g/mol. The SMILES string of the molecule is Cc1ccn2cc(CC(=O)NC3CCN(Cc4ccccc4)CC3)nc2c1. The Morgan fingerprint density at radius 1 is 1.19 bits per heavy atom. The van der Waals surface area contributed by atoms with Gasteiger partial charge in [0, 0.05) is 38.1 Å². The number of likely N-dealkylation sites (tertiary alicyclic amines) is 1. The van der Waals surface area contributed by atoms with E-state index in [1.165, 1.54) is 11.1 Å². The van der Waals surface area contributed by atoms with Crippen LogP contribution in [0.3, 0.4) is 0 Å². The first-order valence-corrected chi connectivity index (χ1v) is 9.65. The fourth-order valence-corrected chi connectivity index (χ4v) is 3.74. The molecule has 0 unspecified atom stereocenters. The summed E-state index contributed by atoms with van der Waals surface area (Å²) in [5, 5.41) is 3.19. The van der Waals surface area contributed by atoms with Gasteiger partial charge < -0.3 is 9.72 Å². The van der Waals surface area contributed by atoms with Crippen LogP contribution in [0.2, 0.25) is 0 Å². The first kappa shape index (κ1) is 17.7. The number of carbonyl (C=O) groups is 1. The average Bonchev–Trinajstić information content (AvgIpc) is 3.05. The van der Waals surface area contributed by atoms with Crippen molar-refractivity contribution < 1.29 is 4.79 Å². The van der Waals surface area contributed by atoms with E-state index < -0.39 is 0 Å². The van der Waals surface area contributed by atoms with Crippen molar-refractivity contribution in [3.05, 3.63) is 71.7 Å². The standard InChI is InChI=1S/C22H26N4O/c1-17-7-12-26-16-20(23-21(26)13-17)14-22(27)24-19-8-10-25(11-9-19)15-18-5-3-2-4-6-18/h2-7,12-13,16,19H,8-11,14-15H2,1H3,(H,24,27). The molecule has 0 aliphatic carbocycles. The predicted molar refractivity (Wildman–Crippen MR) is 107 cm³/mol. The summed E-state index contributed by atoms with van der Waals surface area (Å²) in [6, 6.07) is 14.9. The third-order valence-corrected chi connectivity index (χ3v) is 5.21. The van der Waals surface area contributed by atoms with Gasteiger partial charge in [0.25, 0.3) is 0 Å². The van der Waals surface area contributed by atoms with Crippen molar-refractivity contribution in [3.63, 3.8) is 0 Å². The summed E-state index contributed by atoms with van der Waals surface area (Å²) >= 11 is 0. The molecule has 1 amide bonds. The Hall–Kier alpha value is -2.66. The minimum Gasteiger partial charge on any atom is -0.353 e. The number of piperidine rings is 1. The van der Waals surface area contributed by atoms with Crippen LogP contribution in [0.1, 0.15) is 29.7 Å². The zero-order valence-electron chi connectivity index (χ0n) is 15.8. The molecule has 0 bridgehead atoms.